The molecule has 0 N–H and O–H groups in total. The average Bonchev–Trinajstić information content (AvgIpc) is 2.27. The minimum atomic E-state index is -2.62. The molecule has 0 spiro atoms. The van der Waals surface area contributed by atoms with Gasteiger partial charge in [-0.2, -0.15) is 0 Å². The summed E-state index contributed by atoms with van der Waals surface area (Å²) in [5, 5.41) is 1.02. The third kappa shape index (κ3) is 2.99. The number of hydrogen-bond acceptors (Lipinski definition) is 3. The monoisotopic (exact) mass is 242 g/mol. The highest BCUT2D eigenvalue weighted by atomic mass is 28.4. The lowest BCUT2D eigenvalue weighted by atomic mass is 10.4. The van der Waals surface area contributed by atoms with Crippen molar-refractivity contribution in [3.8, 4) is 0 Å². The summed E-state index contributed by atoms with van der Waals surface area (Å²) in [4.78, 5) is 0. The van der Waals surface area contributed by atoms with Gasteiger partial charge in [-0.3, -0.25) is 0 Å². The van der Waals surface area contributed by atoms with E-state index in [1.54, 1.807) is 14.2 Å². The van der Waals surface area contributed by atoms with Crippen molar-refractivity contribution < 1.29 is 13.0 Å². The Morgan fingerprint density at radius 3 is 1.93 bits per heavy atom. The molecule has 0 aliphatic carbocycles. The maximum absolute atomic E-state index is 5.96. The molecule has 0 saturated carbocycles. The van der Waals surface area contributed by atoms with Gasteiger partial charge in [-0.15, -0.1) is 0 Å². The highest BCUT2D eigenvalue weighted by Gasteiger charge is 2.42. The Kier molecular flexibility index (Phi) is 4.68. The molecule has 0 amide bonds. The standard InChI is InChI=1S/C10H18O3Si2/c1-11-15(12-2,13-14(3)4)10-8-6-5-7-9-10/h5-9,14H,1-4H3. The van der Waals surface area contributed by atoms with Gasteiger partial charge in [-0.25, -0.2) is 0 Å². The highest BCUT2D eigenvalue weighted by Crippen LogP contribution is 2.09. The SMILES string of the molecule is CO[Si](OC)(O[SiH](C)C)c1ccccc1. The van der Waals surface area contributed by atoms with Gasteiger partial charge in [-0.05, 0) is 13.1 Å². The Labute approximate surface area is 94.1 Å². The van der Waals surface area contributed by atoms with Crippen LogP contribution in [0.15, 0.2) is 30.3 Å². The second-order valence-corrected chi connectivity index (χ2v) is 9.04. The van der Waals surface area contributed by atoms with Gasteiger partial charge in [0.25, 0.3) is 0 Å². The van der Waals surface area contributed by atoms with Crippen LogP contribution in [-0.4, -0.2) is 32.1 Å². The molecule has 0 aliphatic rings. The molecule has 3 nitrogen and oxygen atoms in total. The molecule has 0 radical (unpaired) electrons. The van der Waals surface area contributed by atoms with Crippen LogP contribution in [0.3, 0.4) is 0 Å². The minimum absolute atomic E-state index is 1.02. The summed E-state index contributed by atoms with van der Waals surface area (Å²) in [7, 11) is -0.505. The van der Waals surface area contributed by atoms with Crippen molar-refractivity contribution in [2.45, 2.75) is 13.1 Å². The van der Waals surface area contributed by atoms with Gasteiger partial charge < -0.3 is 13.0 Å². The Balaban J connectivity index is 3.00. The Morgan fingerprint density at radius 2 is 1.53 bits per heavy atom. The summed E-state index contributed by atoms with van der Waals surface area (Å²) in [6.07, 6.45) is 0. The first kappa shape index (κ1) is 12.6. The molecular formula is C10H18O3Si2. The van der Waals surface area contributed by atoms with Crippen LogP contribution >= 0.6 is 0 Å². The smallest absolute Gasteiger partial charge is 0.415 e. The van der Waals surface area contributed by atoms with Gasteiger partial charge >= 0.3 is 8.80 Å². The van der Waals surface area contributed by atoms with Gasteiger partial charge in [0.05, 0.1) is 0 Å². The van der Waals surface area contributed by atoms with E-state index in [0.29, 0.717) is 0 Å². The summed E-state index contributed by atoms with van der Waals surface area (Å²) in [5.74, 6) is 0. The van der Waals surface area contributed by atoms with E-state index in [0.717, 1.165) is 5.19 Å². The van der Waals surface area contributed by atoms with Gasteiger partial charge in [0.2, 0.25) is 0 Å². The van der Waals surface area contributed by atoms with Crippen molar-refractivity contribution in [2.24, 2.45) is 0 Å². The van der Waals surface area contributed by atoms with Gasteiger partial charge in [0, 0.05) is 19.4 Å². The first-order chi connectivity index (χ1) is 7.14. The van der Waals surface area contributed by atoms with Crippen molar-refractivity contribution >= 4 is 23.0 Å². The fourth-order valence-corrected chi connectivity index (χ4v) is 6.47. The molecule has 0 unspecified atom stereocenters. The molecule has 0 saturated heterocycles. The van der Waals surface area contributed by atoms with E-state index in [9.17, 15) is 0 Å². The van der Waals surface area contributed by atoms with Gasteiger partial charge in [0.1, 0.15) is 0 Å². The summed E-state index contributed by atoms with van der Waals surface area (Å²) >= 11 is 0. The second-order valence-electron chi connectivity index (χ2n) is 3.50. The summed E-state index contributed by atoms with van der Waals surface area (Å²) in [6.45, 7) is 4.23. The van der Waals surface area contributed by atoms with Crippen LogP contribution in [0.5, 0.6) is 0 Å². The van der Waals surface area contributed by atoms with E-state index in [-0.39, 0.29) is 0 Å². The summed E-state index contributed by atoms with van der Waals surface area (Å²) in [6, 6.07) is 9.91. The molecule has 84 valence electrons. The largest absolute Gasteiger partial charge is 0.525 e. The second kappa shape index (κ2) is 5.57. The zero-order valence-electron chi connectivity index (χ0n) is 9.69. The predicted molar refractivity (Wildman–Crippen MR) is 65.8 cm³/mol. The maximum Gasteiger partial charge on any atom is 0.525 e. The maximum atomic E-state index is 5.96. The molecule has 1 aromatic carbocycles. The lowest BCUT2D eigenvalue weighted by Crippen LogP contribution is -2.57. The first-order valence-corrected chi connectivity index (χ1v) is 9.49. The quantitative estimate of drug-likeness (QED) is 0.724. The normalized spacial score (nSPS) is 12.1. The van der Waals surface area contributed by atoms with Crippen LogP contribution in [0.2, 0.25) is 13.1 Å². The van der Waals surface area contributed by atoms with Gasteiger partial charge in [-0.1, -0.05) is 30.3 Å². The Morgan fingerprint density at radius 1 is 1.00 bits per heavy atom. The molecule has 0 atom stereocenters. The van der Waals surface area contributed by atoms with Crippen molar-refractivity contribution in [2.75, 3.05) is 14.2 Å². The number of rotatable bonds is 5. The predicted octanol–water partition coefficient (Wildman–Crippen LogP) is 1.13. The van der Waals surface area contributed by atoms with Crippen LogP contribution in [0.25, 0.3) is 0 Å². The van der Waals surface area contributed by atoms with E-state index >= 15 is 0 Å². The molecule has 5 heteroatoms. The summed E-state index contributed by atoms with van der Waals surface area (Å²) in [5.41, 5.74) is 0. The zero-order valence-corrected chi connectivity index (χ0v) is 11.8. The Hall–Kier alpha value is -0.466. The topological polar surface area (TPSA) is 27.7 Å². The third-order valence-electron chi connectivity index (χ3n) is 2.06. The van der Waals surface area contributed by atoms with E-state index in [2.05, 4.69) is 13.1 Å². The van der Waals surface area contributed by atoms with E-state index in [4.69, 9.17) is 13.0 Å². The molecule has 0 aromatic heterocycles. The fourth-order valence-electron chi connectivity index (χ4n) is 1.44. The van der Waals surface area contributed by atoms with Crippen molar-refractivity contribution in [1.82, 2.24) is 0 Å². The van der Waals surface area contributed by atoms with Crippen LogP contribution in [0.4, 0.5) is 0 Å². The third-order valence-corrected chi connectivity index (χ3v) is 7.30. The zero-order chi connectivity index (χ0) is 11.3. The number of hydrogen-bond donors (Lipinski definition) is 0. The Bertz CT molecular complexity index is 286. The molecule has 0 bridgehead atoms. The van der Waals surface area contributed by atoms with Gasteiger partial charge in [0.15, 0.2) is 9.04 Å². The lowest BCUT2D eigenvalue weighted by molar-refractivity contribution is 0.179. The van der Waals surface area contributed by atoms with Crippen LogP contribution < -0.4 is 5.19 Å². The van der Waals surface area contributed by atoms with Crippen LogP contribution in [-0.2, 0) is 13.0 Å². The number of benzene rings is 1. The molecule has 15 heavy (non-hydrogen) atoms. The van der Waals surface area contributed by atoms with E-state index < -0.39 is 17.8 Å². The minimum Gasteiger partial charge on any atom is -0.415 e. The molecule has 0 heterocycles. The molecule has 1 rings (SSSR count). The molecular weight excluding hydrogens is 224 g/mol. The highest BCUT2D eigenvalue weighted by molar-refractivity contribution is 6.80. The van der Waals surface area contributed by atoms with E-state index in [1.165, 1.54) is 0 Å². The van der Waals surface area contributed by atoms with Crippen molar-refractivity contribution in [3.63, 3.8) is 0 Å². The van der Waals surface area contributed by atoms with Crippen molar-refractivity contribution in [1.29, 1.82) is 0 Å². The fraction of sp³-hybridized carbons (Fsp3) is 0.400. The summed E-state index contributed by atoms with van der Waals surface area (Å²) < 4.78 is 17.0. The molecule has 0 fully saturated rings. The average molecular weight is 242 g/mol. The van der Waals surface area contributed by atoms with Crippen LogP contribution in [0, 0.1) is 0 Å². The molecule has 0 aliphatic heterocycles. The molecule has 1 aromatic rings. The van der Waals surface area contributed by atoms with Crippen LogP contribution in [0.1, 0.15) is 0 Å². The first-order valence-electron chi connectivity index (χ1n) is 4.98. The van der Waals surface area contributed by atoms with E-state index in [1.807, 2.05) is 30.3 Å². The lowest BCUT2D eigenvalue weighted by Gasteiger charge is -2.28. The van der Waals surface area contributed by atoms with Crippen molar-refractivity contribution in [3.05, 3.63) is 30.3 Å².